The lowest BCUT2D eigenvalue weighted by molar-refractivity contribution is -0.114. The van der Waals surface area contributed by atoms with Crippen LogP contribution in [0.2, 0.25) is 0 Å². The second-order valence-electron chi connectivity index (χ2n) is 2.92. The molecule has 0 heterocycles. The first kappa shape index (κ1) is 12.3. The SMILES string of the molecule is COc1ccc(Br)cc1/C=C(/C#N)C(N)=O. The highest BCUT2D eigenvalue weighted by atomic mass is 79.9. The summed E-state index contributed by atoms with van der Waals surface area (Å²) >= 11 is 3.29. The van der Waals surface area contributed by atoms with Crippen LogP contribution in [-0.2, 0) is 4.79 Å². The van der Waals surface area contributed by atoms with Crippen molar-refractivity contribution in [3.05, 3.63) is 33.8 Å². The maximum absolute atomic E-state index is 10.9. The van der Waals surface area contributed by atoms with E-state index in [1.54, 1.807) is 24.3 Å². The summed E-state index contributed by atoms with van der Waals surface area (Å²) in [5, 5.41) is 8.72. The summed E-state index contributed by atoms with van der Waals surface area (Å²) < 4.78 is 5.92. The third kappa shape index (κ3) is 2.84. The van der Waals surface area contributed by atoms with Gasteiger partial charge >= 0.3 is 0 Å². The molecule has 0 aliphatic rings. The Bertz CT molecular complexity index is 489. The van der Waals surface area contributed by atoms with Crippen molar-refractivity contribution in [2.75, 3.05) is 7.11 Å². The molecule has 4 nitrogen and oxygen atoms in total. The predicted octanol–water partition coefficient (Wildman–Crippen LogP) is 1.85. The number of nitriles is 1. The van der Waals surface area contributed by atoms with Crippen molar-refractivity contribution in [2.45, 2.75) is 0 Å². The minimum absolute atomic E-state index is 0.114. The number of primary amides is 1. The predicted molar refractivity (Wildman–Crippen MR) is 63.5 cm³/mol. The standard InChI is InChI=1S/C11H9BrN2O2/c1-16-10-3-2-9(12)5-7(10)4-8(6-13)11(14)15/h2-5H,1H3,(H2,14,15)/b8-4-. The zero-order valence-electron chi connectivity index (χ0n) is 8.53. The quantitative estimate of drug-likeness (QED) is 0.678. The van der Waals surface area contributed by atoms with Crippen LogP contribution in [0.4, 0.5) is 0 Å². The summed E-state index contributed by atoms with van der Waals surface area (Å²) in [5.74, 6) is -0.193. The Hall–Kier alpha value is -1.80. The van der Waals surface area contributed by atoms with Crippen LogP contribution in [0.25, 0.3) is 6.08 Å². The molecule has 0 atom stereocenters. The van der Waals surface area contributed by atoms with Crippen LogP contribution in [0, 0.1) is 11.3 Å². The van der Waals surface area contributed by atoms with Gasteiger partial charge in [0.2, 0.25) is 0 Å². The fraction of sp³-hybridized carbons (Fsp3) is 0.0909. The maximum Gasteiger partial charge on any atom is 0.259 e. The van der Waals surface area contributed by atoms with Crippen molar-refractivity contribution in [1.82, 2.24) is 0 Å². The van der Waals surface area contributed by atoms with Crippen LogP contribution in [0.1, 0.15) is 5.56 Å². The molecule has 0 bridgehead atoms. The summed E-state index contributed by atoms with van der Waals surface area (Å²) in [6, 6.07) is 7.00. The van der Waals surface area contributed by atoms with Crippen LogP contribution in [0.15, 0.2) is 28.2 Å². The summed E-state index contributed by atoms with van der Waals surface area (Å²) in [6.07, 6.45) is 1.39. The van der Waals surface area contributed by atoms with E-state index in [4.69, 9.17) is 15.7 Å². The van der Waals surface area contributed by atoms with E-state index in [9.17, 15) is 4.79 Å². The first-order valence-electron chi connectivity index (χ1n) is 4.33. The minimum atomic E-state index is -0.760. The lowest BCUT2D eigenvalue weighted by atomic mass is 10.1. The molecule has 1 aromatic carbocycles. The van der Waals surface area contributed by atoms with Crippen molar-refractivity contribution >= 4 is 27.9 Å². The number of ether oxygens (including phenoxy) is 1. The number of benzene rings is 1. The zero-order valence-corrected chi connectivity index (χ0v) is 10.1. The van der Waals surface area contributed by atoms with Gasteiger partial charge in [0.15, 0.2) is 0 Å². The van der Waals surface area contributed by atoms with E-state index >= 15 is 0 Å². The second-order valence-corrected chi connectivity index (χ2v) is 3.84. The molecular weight excluding hydrogens is 272 g/mol. The summed E-state index contributed by atoms with van der Waals surface area (Å²) in [5.41, 5.74) is 5.55. The Kier molecular flexibility index (Phi) is 4.09. The monoisotopic (exact) mass is 280 g/mol. The highest BCUT2D eigenvalue weighted by molar-refractivity contribution is 9.10. The van der Waals surface area contributed by atoms with Gasteiger partial charge in [-0.2, -0.15) is 5.26 Å². The molecule has 1 rings (SSSR count). The number of nitrogens with zero attached hydrogens (tertiary/aromatic N) is 1. The lowest BCUT2D eigenvalue weighted by Gasteiger charge is -2.05. The van der Waals surface area contributed by atoms with Crippen LogP contribution in [0.3, 0.4) is 0 Å². The highest BCUT2D eigenvalue weighted by Crippen LogP contribution is 2.25. The third-order valence-corrected chi connectivity index (χ3v) is 2.37. The molecule has 0 saturated carbocycles. The number of rotatable bonds is 3. The first-order valence-corrected chi connectivity index (χ1v) is 5.13. The van der Waals surface area contributed by atoms with Gasteiger partial charge in [-0.25, -0.2) is 0 Å². The van der Waals surface area contributed by atoms with E-state index in [1.165, 1.54) is 13.2 Å². The fourth-order valence-electron chi connectivity index (χ4n) is 1.13. The molecule has 82 valence electrons. The molecule has 0 unspecified atom stereocenters. The van der Waals surface area contributed by atoms with Crippen LogP contribution in [-0.4, -0.2) is 13.0 Å². The molecule has 1 aromatic rings. The molecule has 5 heteroatoms. The number of methoxy groups -OCH3 is 1. The number of hydrogen-bond acceptors (Lipinski definition) is 3. The van der Waals surface area contributed by atoms with Crippen molar-refractivity contribution in [3.63, 3.8) is 0 Å². The fourth-order valence-corrected chi connectivity index (χ4v) is 1.51. The van der Waals surface area contributed by atoms with Gasteiger partial charge in [-0.1, -0.05) is 15.9 Å². The molecule has 1 amide bonds. The lowest BCUT2D eigenvalue weighted by Crippen LogP contribution is -2.12. The molecule has 2 N–H and O–H groups in total. The third-order valence-electron chi connectivity index (χ3n) is 1.88. The Morgan fingerprint density at radius 2 is 2.31 bits per heavy atom. The van der Waals surface area contributed by atoms with E-state index < -0.39 is 5.91 Å². The van der Waals surface area contributed by atoms with Crippen LogP contribution < -0.4 is 10.5 Å². The van der Waals surface area contributed by atoms with Crippen molar-refractivity contribution in [2.24, 2.45) is 5.73 Å². The number of carbonyl (C=O) groups excluding carboxylic acids is 1. The maximum atomic E-state index is 10.9. The molecule has 0 saturated heterocycles. The molecule has 0 radical (unpaired) electrons. The van der Waals surface area contributed by atoms with Gasteiger partial charge in [0.1, 0.15) is 17.4 Å². The molecule has 0 fully saturated rings. The van der Waals surface area contributed by atoms with Crippen molar-refractivity contribution < 1.29 is 9.53 Å². The van der Waals surface area contributed by atoms with Gasteiger partial charge < -0.3 is 10.5 Å². The number of halogens is 1. The van der Waals surface area contributed by atoms with E-state index in [1.807, 2.05) is 0 Å². The summed E-state index contributed by atoms with van der Waals surface area (Å²) in [7, 11) is 1.51. The first-order chi connectivity index (χ1) is 7.58. The van der Waals surface area contributed by atoms with E-state index in [0.29, 0.717) is 11.3 Å². The molecular formula is C11H9BrN2O2. The van der Waals surface area contributed by atoms with Gasteiger partial charge in [0, 0.05) is 10.0 Å². The minimum Gasteiger partial charge on any atom is -0.496 e. The van der Waals surface area contributed by atoms with Gasteiger partial charge in [0.25, 0.3) is 5.91 Å². The smallest absolute Gasteiger partial charge is 0.259 e. The Morgan fingerprint density at radius 3 is 2.81 bits per heavy atom. The number of amides is 1. The number of hydrogen-bond donors (Lipinski definition) is 1. The van der Waals surface area contributed by atoms with E-state index in [2.05, 4.69) is 15.9 Å². The van der Waals surface area contributed by atoms with Gasteiger partial charge in [-0.15, -0.1) is 0 Å². The topological polar surface area (TPSA) is 76.1 Å². The number of nitrogens with two attached hydrogens (primary N) is 1. The van der Waals surface area contributed by atoms with Crippen LogP contribution in [0.5, 0.6) is 5.75 Å². The van der Waals surface area contributed by atoms with Gasteiger partial charge in [-0.05, 0) is 24.3 Å². The van der Waals surface area contributed by atoms with E-state index in [0.717, 1.165) is 4.47 Å². The Labute approximate surface area is 101 Å². The average molecular weight is 281 g/mol. The zero-order chi connectivity index (χ0) is 12.1. The van der Waals surface area contributed by atoms with Crippen molar-refractivity contribution in [3.8, 4) is 11.8 Å². The Balaban J connectivity index is 3.27. The summed E-state index contributed by atoms with van der Waals surface area (Å²) in [6.45, 7) is 0. The molecule has 0 aliphatic carbocycles. The van der Waals surface area contributed by atoms with E-state index in [-0.39, 0.29) is 5.57 Å². The molecule has 16 heavy (non-hydrogen) atoms. The Morgan fingerprint density at radius 1 is 1.62 bits per heavy atom. The summed E-state index contributed by atoms with van der Waals surface area (Å²) in [4.78, 5) is 10.9. The van der Waals surface area contributed by atoms with Gasteiger partial charge in [-0.3, -0.25) is 4.79 Å². The number of carbonyl (C=O) groups is 1. The second kappa shape index (κ2) is 5.33. The molecule has 0 aromatic heterocycles. The van der Waals surface area contributed by atoms with Gasteiger partial charge in [0.05, 0.1) is 7.11 Å². The normalized spacial score (nSPS) is 10.7. The highest BCUT2D eigenvalue weighted by Gasteiger charge is 2.07. The van der Waals surface area contributed by atoms with Crippen molar-refractivity contribution in [1.29, 1.82) is 5.26 Å². The largest absolute Gasteiger partial charge is 0.496 e. The average Bonchev–Trinajstić information content (AvgIpc) is 2.25. The molecule has 0 spiro atoms. The molecule has 0 aliphatic heterocycles. The van der Waals surface area contributed by atoms with Crippen LogP contribution >= 0.6 is 15.9 Å².